The molecular weight excluding hydrogens is 449 g/mol. The Kier molecular flexibility index (Phi) is 6.78. The van der Waals surface area contributed by atoms with Gasteiger partial charge in [0.05, 0.1) is 27.4 Å². The Bertz CT molecular complexity index is 1090. The van der Waals surface area contributed by atoms with Crippen LogP contribution in [-0.4, -0.2) is 22.2 Å². The van der Waals surface area contributed by atoms with Crippen molar-refractivity contribution in [3.8, 4) is 11.3 Å². The maximum Gasteiger partial charge on any atom is 0.416 e. The lowest BCUT2D eigenvalue weighted by molar-refractivity contribution is -0.138. The highest BCUT2D eigenvalue weighted by molar-refractivity contribution is 7.14. The lowest BCUT2D eigenvalue weighted by Crippen LogP contribution is -2.21. The van der Waals surface area contributed by atoms with Gasteiger partial charge in [-0.2, -0.15) is 18.3 Å². The summed E-state index contributed by atoms with van der Waals surface area (Å²) in [6, 6.07) is 5.37. The molecule has 0 aliphatic heterocycles. The van der Waals surface area contributed by atoms with Crippen molar-refractivity contribution in [2.24, 2.45) is 18.5 Å². The summed E-state index contributed by atoms with van der Waals surface area (Å²) in [4.78, 5) is 13.4. The summed E-state index contributed by atoms with van der Waals surface area (Å²) in [5, 5.41) is 4.55. The molecule has 0 aliphatic carbocycles. The molecule has 166 valence electrons. The normalized spacial score (nSPS) is 12.9. The molecular formula is C21H22ClF3N4OS. The van der Waals surface area contributed by atoms with Crippen molar-refractivity contribution < 1.29 is 18.0 Å². The van der Waals surface area contributed by atoms with E-state index in [0.717, 1.165) is 10.9 Å². The third kappa shape index (κ3) is 4.49. The SMILES string of the molecule is CCc1sc(C(N)=O)c([C@@H](CN)Cc2ccccc2C(F)(F)F)c1-c1c(Cl)cnn1C. The first-order chi connectivity index (χ1) is 14.6. The number of hydrogen-bond donors (Lipinski definition) is 2. The number of halogens is 4. The lowest BCUT2D eigenvalue weighted by atomic mass is 9.86. The summed E-state index contributed by atoms with van der Waals surface area (Å²) in [6.07, 6.45) is -2.44. The Balaban J connectivity index is 2.23. The lowest BCUT2D eigenvalue weighted by Gasteiger charge is -2.21. The van der Waals surface area contributed by atoms with Crippen LogP contribution in [0.4, 0.5) is 13.2 Å². The van der Waals surface area contributed by atoms with Crippen molar-refractivity contribution in [1.29, 1.82) is 0 Å². The molecule has 0 saturated carbocycles. The third-order valence-corrected chi connectivity index (χ3v) is 6.82. The number of nitrogens with zero attached hydrogens (tertiary/aromatic N) is 2. The number of primary amides is 1. The summed E-state index contributed by atoms with van der Waals surface area (Å²) >= 11 is 7.61. The minimum absolute atomic E-state index is 0.00514. The van der Waals surface area contributed by atoms with E-state index in [1.54, 1.807) is 17.8 Å². The number of rotatable bonds is 7. The van der Waals surface area contributed by atoms with Gasteiger partial charge in [-0.3, -0.25) is 9.48 Å². The number of alkyl halides is 3. The molecule has 0 aliphatic rings. The molecule has 5 nitrogen and oxygen atoms in total. The molecule has 4 N–H and O–H groups in total. The number of thiophene rings is 1. The van der Waals surface area contributed by atoms with Crippen LogP contribution in [0.1, 0.15) is 44.1 Å². The van der Waals surface area contributed by atoms with E-state index >= 15 is 0 Å². The van der Waals surface area contributed by atoms with Gasteiger partial charge in [0.25, 0.3) is 5.91 Å². The zero-order chi connectivity index (χ0) is 22.9. The number of benzene rings is 1. The van der Waals surface area contributed by atoms with Crippen LogP contribution >= 0.6 is 22.9 Å². The number of aryl methyl sites for hydroxylation is 2. The van der Waals surface area contributed by atoms with Gasteiger partial charge in [0.15, 0.2) is 0 Å². The molecule has 1 aromatic carbocycles. The van der Waals surface area contributed by atoms with Crippen LogP contribution in [0.3, 0.4) is 0 Å². The number of aromatic nitrogens is 2. The molecule has 1 amide bonds. The maximum absolute atomic E-state index is 13.5. The van der Waals surface area contributed by atoms with Gasteiger partial charge in [0, 0.05) is 23.4 Å². The van der Waals surface area contributed by atoms with E-state index in [1.165, 1.54) is 29.7 Å². The zero-order valence-electron chi connectivity index (χ0n) is 17.0. The highest BCUT2D eigenvalue weighted by atomic mass is 35.5. The van der Waals surface area contributed by atoms with E-state index in [1.807, 2.05) is 6.92 Å². The molecule has 0 bridgehead atoms. The molecule has 31 heavy (non-hydrogen) atoms. The average molecular weight is 471 g/mol. The second kappa shape index (κ2) is 9.02. The Morgan fingerprint density at radius 1 is 1.32 bits per heavy atom. The van der Waals surface area contributed by atoms with Crippen molar-refractivity contribution in [3.63, 3.8) is 0 Å². The van der Waals surface area contributed by atoms with Crippen molar-refractivity contribution >= 4 is 28.8 Å². The molecule has 10 heteroatoms. The fourth-order valence-electron chi connectivity index (χ4n) is 3.81. The second-order valence-electron chi connectivity index (χ2n) is 7.12. The highest BCUT2D eigenvalue weighted by Gasteiger charge is 2.35. The molecule has 0 saturated heterocycles. The molecule has 0 unspecified atom stereocenters. The first kappa shape index (κ1) is 23.3. The molecule has 3 aromatic rings. The van der Waals surface area contributed by atoms with E-state index in [0.29, 0.717) is 28.3 Å². The van der Waals surface area contributed by atoms with Gasteiger partial charge in [-0.15, -0.1) is 11.3 Å². The Labute approximate surface area is 186 Å². The predicted octanol–water partition coefficient (Wildman–Crippen LogP) is 4.77. The number of amides is 1. The zero-order valence-corrected chi connectivity index (χ0v) is 18.5. The van der Waals surface area contributed by atoms with E-state index < -0.39 is 23.6 Å². The predicted molar refractivity (Wildman–Crippen MR) is 116 cm³/mol. The standard InChI is InChI=1S/C21H22ClF3N4OS/c1-3-15-17(18-14(22)10-28-29(18)2)16(19(31-15)20(27)30)12(9-26)8-11-6-4-5-7-13(11)21(23,24)25/h4-7,10,12H,3,8-9,26H2,1-2H3,(H2,27,30)/t12-/m1/s1. The molecule has 2 heterocycles. The van der Waals surface area contributed by atoms with Gasteiger partial charge in [0.1, 0.15) is 0 Å². The highest BCUT2D eigenvalue weighted by Crippen LogP contribution is 2.44. The molecule has 3 rings (SSSR count). The molecule has 0 radical (unpaired) electrons. The van der Waals surface area contributed by atoms with Gasteiger partial charge < -0.3 is 11.5 Å². The van der Waals surface area contributed by atoms with Gasteiger partial charge in [-0.1, -0.05) is 36.7 Å². The average Bonchev–Trinajstić information content (AvgIpc) is 3.24. The van der Waals surface area contributed by atoms with Gasteiger partial charge in [-0.25, -0.2) is 0 Å². The summed E-state index contributed by atoms with van der Waals surface area (Å²) in [6.45, 7) is 1.94. The van der Waals surface area contributed by atoms with Gasteiger partial charge in [-0.05, 0) is 36.6 Å². The topological polar surface area (TPSA) is 86.9 Å². The number of carbonyl (C=O) groups excluding carboxylic acids is 1. The number of carbonyl (C=O) groups is 1. The van der Waals surface area contributed by atoms with Gasteiger partial charge >= 0.3 is 6.18 Å². The van der Waals surface area contributed by atoms with Gasteiger partial charge in [0.2, 0.25) is 0 Å². The van der Waals surface area contributed by atoms with Crippen molar-refractivity contribution in [3.05, 3.63) is 61.9 Å². The molecule has 2 aromatic heterocycles. The molecule has 1 atom stereocenters. The quantitative estimate of drug-likeness (QED) is 0.521. The Morgan fingerprint density at radius 2 is 2.00 bits per heavy atom. The fourth-order valence-corrected chi connectivity index (χ4v) is 5.25. The first-order valence-corrected chi connectivity index (χ1v) is 10.8. The van der Waals surface area contributed by atoms with E-state index in [4.69, 9.17) is 23.1 Å². The van der Waals surface area contributed by atoms with Crippen molar-refractivity contribution in [2.75, 3.05) is 6.54 Å². The number of hydrogen-bond acceptors (Lipinski definition) is 4. The Morgan fingerprint density at radius 3 is 2.52 bits per heavy atom. The number of nitrogens with two attached hydrogens (primary N) is 2. The van der Waals surface area contributed by atoms with Crippen molar-refractivity contribution in [1.82, 2.24) is 9.78 Å². The van der Waals surface area contributed by atoms with Crippen LogP contribution < -0.4 is 11.5 Å². The van der Waals surface area contributed by atoms with Crippen LogP contribution in [0.2, 0.25) is 5.02 Å². The van der Waals surface area contributed by atoms with Crippen LogP contribution in [-0.2, 0) is 26.1 Å². The summed E-state index contributed by atoms with van der Waals surface area (Å²) in [5.41, 5.74) is 12.9. The van der Waals surface area contributed by atoms with E-state index in [2.05, 4.69) is 5.10 Å². The van der Waals surface area contributed by atoms with Crippen LogP contribution in [0.25, 0.3) is 11.3 Å². The second-order valence-corrected chi connectivity index (χ2v) is 8.63. The third-order valence-electron chi connectivity index (χ3n) is 5.18. The minimum Gasteiger partial charge on any atom is -0.365 e. The summed E-state index contributed by atoms with van der Waals surface area (Å²) in [7, 11) is 1.71. The van der Waals surface area contributed by atoms with Crippen LogP contribution in [0.15, 0.2) is 30.5 Å². The summed E-state index contributed by atoms with van der Waals surface area (Å²) in [5.74, 6) is -1.23. The largest absolute Gasteiger partial charge is 0.416 e. The summed E-state index contributed by atoms with van der Waals surface area (Å²) < 4.78 is 42.2. The monoisotopic (exact) mass is 470 g/mol. The first-order valence-electron chi connectivity index (χ1n) is 9.58. The minimum atomic E-state index is -4.50. The smallest absolute Gasteiger partial charge is 0.365 e. The van der Waals surface area contributed by atoms with Crippen LogP contribution in [0.5, 0.6) is 0 Å². The fraction of sp³-hybridized carbons (Fsp3) is 0.333. The van der Waals surface area contributed by atoms with E-state index in [9.17, 15) is 18.0 Å². The van der Waals surface area contributed by atoms with Crippen molar-refractivity contribution in [2.45, 2.75) is 31.9 Å². The Hall–Kier alpha value is -2.36. The molecule has 0 spiro atoms. The van der Waals surface area contributed by atoms with E-state index in [-0.39, 0.29) is 23.4 Å². The van der Waals surface area contributed by atoms with Crippen LogP contribution in [0, 0.1) is 0 Å². The molecule has 0 fully saturated rings. The maximum atomic E-state index is 13.5.